The number of hydrogen-bond acceptors (Lipinski definition) is 3. The lowest BCUT2D eigenvalue weighted by Gasteiger charge is -2.09. The number of benzene rings is 1. The zero-order valence-electron chi connectivity index (χ0n) is 11.4. The third-order valence-electron chi connectivity index (χ3n) is 3.27. The Morgan fingerprint density at radius 3 is 2.52 bits per heavy atom. The number of nitrogens with one attached hydrogen (secondary N) is 1. The van der Waals surface area contributed by atoms with Crippen molar-refractivity contribution in [3.05, 3.63) is 52.0 Å². The number of aromatic nitrogens is 2. The molecule has 0 aliphatic rings. The average molecular weight is 311 g/mol. The molecule has 0 aliphatic carbocycles. The van der Waals surface area contributed by atoms with Gasteiger partial charge in [-0.2, -0.15) is 0 Å². The molecule has 1 aromatic carbocycles. The normalized spacial score (nSPS) is 11.3. The zero-order chi connectivity index (χ0) is 15.1. The van der Waals surface area contributed by atoms with Gasteiger partial charge in [0.05, 0.1) is 17.9 Å². The molecule has 3 aromatic rings. The summed E-state index contributed by atoms with van der Waals surface area (Å²) in [6, 6.07) is 1.31. The molecule has 0 bridgehead atoms. The second-order valence-corrected chi connectivity index (χ2v) is 5.57. The summed E-state index contributed by atoms with van der Waals surface area (Å²) in [4.78, 5) is 5.23. The molecule has 0 fully saturated rings. The molecule has 0 aliphatic heterocycles. The molecule has 3 nitrogen and oxygen atoms in total. The predicted molar refractivity (Wildman–Crippen MR) is 76.2 cm³/mol. The summed E-state index contributed by atoms with van der Waals surface area (Å²) in [6.45, 7) is 3.98. The second kappa shape index (κ2) is 5.07. The van der Waals surface area contributed by atoms with E-state index < -0.39 is 17.5 Å². The van der Waals surface area contributed by atoms with Gasteiger partial charge >= 0.3 is 0 Å². The molecule has 2 heterocycles. The van der Waals surface area contributed by atoms with E-state index in [9.17, 15) is 13.2 Å². The van der Waals surface area contributed by atoms with Crippen LogP contribution in [0.15, 0.2) is 17.5 Å². The molecule has 0 unspecified atom stereocenters. The minimum absolute atomic E-state index is 0.198. The first-order chi connectivity index (χ1) is 9.97. The lowest BCUT2D eigenvalue weighted by Crippen LogP contribution is -2.08. The Morgan fingerprint density at radius 1 is 1.19 bits per heavy atom. The van der Waals surface area contributed by atoms with Crippen LogP contribution in [0.1, 0.15) is 17.1 Å². The van der Waals surface area contributed by atoms with Gasteiger partial charge in [-0.3, -0.25) is 4.40 Å². The van der Waals surface area contributed by atoms with Gasteiger partial charge in [0.25, 0.3) is 0 Å². The Hall–Kier alpha value is -2.02. The van der Waals surface area contributed by atoms with Crippen LogP contribution in [0.2, 0.25) is 0 Å². The van der Waals surface area contributed by atoms with Crippen molar-refractivity contribution in [1.82, 2.24) is 9.38 Å². The molecule has 1 N–H and O–H groups in total. The van der Waals surface area contributed by atoms with E-state index in [0.29, 0.717) is 12.1 Å². The summed E-state index contributed by atoms with van der Waals surface area (Å²) in [5.74, 6) is -2.84. The van der Waals surface area contributed by atoms with Crippen molar-refractivity contribution in [3.63, 3.8) is 0 Å². The first-order valence-electron chi connectivity index (χ1n) is 6.28. The number of aryl methyl sites for hydroxylation is 2. The van der Waals surface area contributed by atoms with Crippen molar-refractivity contribution in [2.24, 2.45) is 0 Å². The Balaban J connectivity index is 1.94. The van der Waals surface area contributed by atoms with Gasteiger partial charge in [-0.25, -0.2) is 18.2 Å². The maximum Gasteiger partial charge on any atom is 0.194 e. The fraction of sp³-hybridized carbons (Fsp3) is 0.214. The van der Waals surface area contributed by atoms with Crippen LogP contribution < -0.4 is 5.32 Å². The van der Waals surface area contributed by atoms with E-state index in [1.165, 1.54) is 11.3 Å². The highest BCUT2D eigenvalue weighted by Gasteiger charge is 2.15. The van der Waals surface area contributed by atoms with Crippen molar-refractivity contribution in [3.8, 4) is 0 Å². The number of hydrogen-bond donors (Lipinski definition) is 1. The van der Waals surface area contributed by atoms with Crippen LogP contribution in [0.4, 0.5) is 18.9 Å². The van der Waals surface area contributed by atoms with Gasteiger partial charge < -0.3 is 5.32 Å². The monoisotopic (exact) mass is 311 g/mol. The molecule has 3 rings (SSSR count). The molecule has 7 heteroatoms. The van der Waals surface area contributed by atoms with Crippen LogP contribution in [0.3, 0.4) is 0 Å². The van der Waals surface area contributed by atoms with Crippen LogP contribution >= 0.6 is 11.3 Å². The van der Waals surface area contributed by atoms with Gasteiger partial charge in [0.2, 0.25) is 0 Å². The highest BCUT2D eigenvalue weighted by molar-refractivity contribution is 7.15. The molecule has 21 heavy (non-hydrogen) atoms. The van der Waals surface area contributed by atoms with Crippen LogP contribution in [0.25, 0.3) is 4.96 Å². The topological polar surface area (TPSA) is 29.3 Å². The lowest BCUT2D eigenvalue weighted by atomic mass is 10.2. The van der Waals surface area contributed by atoms with E-state index in [4.69, 9.17) is 0 Å². The second-order valence-electron chi connectivity index (χ2n) is 4.74. The molecule has 0 spiro atoms. The molecule has 110 valence electrons. The molecular weight excluding hydrogens is 299 g/mol. The molecule has 0 atom stereocenters. The SMILES string of the molecule is Cc1nc2scc(C)n2c1CNc1c(F)cc(F)cc1F. The fourth-order valence-corrected chi connectivity index (χ4v) is 3.19. The van der Waals surface area contributed by atoms with E-state index >= 15 is 0 Å². The van der Waals surface area contributed by atoms with Crippen molar-refractivity contribution in [2.75, 3.05) is 5.32 Å². The van der Waals surface area contributed by atoms with Crippen LogP contribution in [-0.4, -0.2) is 9.38 Å². The minimum Gasteiger partial charge on any atom is -0.375 e. The summed E-state index contributed by atoms with van der Waals surface area (Å²) >= 11 is 1.51. The highest BCUT2D eigenvalue weighted by atomic mass is 32.1. The van der Waals surface area contributed by atoms with Crippen LogP contribution in [0.5, 0.6) is 0 Å². The molecule has 0 radical (unpaired) electrons. The summed E-state index contributed by atoms with van der Waals surface area (Å²) < 4.78 is 42.0. The summed E-state index contributed by atoms with van der Waals surface area (Å²) in [7, 11) is 0. The number of imidazole rings is 1. The molecule has 0 saturated heterocycles. The maximum absolute atomic E-state index is 13.6. The van der Waals surface area contributed by atoms with Crippen molar-refractivity contribution in [1.29, 1.82) is 0 Å². The van der Waals surface area contributed by atoms with Gasteiger partial charge in [-0.05, 0) is 13.8 Å². The smallest absolute Gasteiger partial charge is 0.194 e. The lowest BCUT2D eigenvalue weighted by molar-refractivity contribution is 0.547. The Bertz CT molecular complexity index is 799. The van der Waals surface area contributed by atoms with Gasteiger partial charge in [0.15, 0.2) is 16.6 Å². The third-order valence-corrected chi connectivity index (χ3v) is 4.21. The first-order valence-corrected chi connectivity index (χ1v) is 7.15. The van der Waals surface area contributed by atoms with Gasteiger partial charge in [0.1, 0.15) is 11.5 Å². The number of fused-ring (bicyclic) bond motifs is 1. The zero-order valence-corrected chi connectivity index (χ0v) is 12.2. The number of halogens is 3. The summed E-state index contributed by atoms with van der Waals surface area (Å²) in [6.07, 6.45) is 0. The third kappa shape index (κ3) is 2.37. The number of rotatable bonds is 3. The van der Waals surface area contributed by atoms with Crippen molar-refractivity contribution >= 4 is 22.0 Å². The largest absolute Gasteiger partial charge is 0.375 e. The highest BCUT2D eigenvalue weighted by Crippen LogP contribution is 2.24. The van der Waals surface area contributed by atoms with E-state index in [1.807, 2.05) is 23.6 Å². The number of thiazole rings is 1. The van der Waals surface area contributed by atoms with Crippen LogP contribution in [-0.2, 0) is 6.54 Å². The maximum atomic E-state index is 13.6. The average Bonchev–Trinajstić information content (AvgIpc) is 2.89. The predicted octanol–water partition coefficient (Wildman–Crippen LogP) is 4.04. The first kappa shape index (κ1) is 13.9. The quantitative estimate of drug-likeness (QED) is 0.791. The standard InChI is InChI=1S/C14H12F3N3S/c1-7-6-21-14-19-8(2)12(20(7)14)5-18-13-10(16)3-9(15)4-11(13)17/h3-4,6,18H,5H2,1-2H3. The molecular formula is C14H12F3N3S. The number of anilines is 1. The van der Waals surface area contributed by atoms with Crippen molar-refractivity contribution < 1.29 is 13.2 Å². The summed E-state index contributed by atoms with van der Waals surface area (Å²) in [5.41, 5.74) is 2.29. The van der Waals surface area contributed by atoms with Crippen molar-refractivity contribution in [2.45, 2.75) is 20.4 Å². The van der Waals surface area contributed by atoms with Gasteiger partial charge in [-0.1, -0.05) is 0 Å². The number of nitrogens with zero attached hydrogens (tertiary/aromatic N) is 2. The van der Waals surface area contributed by atoms with Crippen LogP contribution in [0, 0.1) is 31.3 Å². The van der Waals surface area contributed by atoms with E-state index in [-0.39, 0.29) is 12.2 Å². The van der Waals surface area contributed by atoms with E-state index in [2.05, 4.69) is 10.3 Å². The molecule has 2 aromatic heterocycles. The Morgan fingerprint density at radius 2 is 1.86 bits per heavy atom. The van der Waals surface area contributed by atoms with Gasteiger partial charge in [-0.15, -0.1) is 11.3 Å². The summed E-state index contributed by atoms with van der Waals surface area (Å²) in [5, 5.41) is 4.65. The van der Waals surface area contributed by atoms with E-state index in [1.54, 1.807) is 0 Å². The molecule has 0 saturated carbocycles. The fourth-order valence-electron chi connectivity index (χ4n) is 2.26. The minimum atomic E-state index is -0.951. The van der Waals surface area contributed by atoms with E-state index in [0.717, 1.165) is 22.0 Å². The Kier molecular flexibility index (Phi) is 3.36. The van der Waals surface area contributed by atoms with Gasteiger partial charge in [0, 0.05) is 23.2 Å². The molecule has 0 amide bonds. The Labute approximate surface area is 123 Å².